The Morgan fingerprint density at radius 3 is 2.91 bits per heavy atom. The summed E-state index contributed by atoms with van der Waals surface area (Å²) in [6.45, 7) is 8.41. The number of carbonyl (C=O) groups is 1. The summed E-state index contributed by atoms with van der Waals surface area (Å²) in [7, 11) is 0. The molecule has 0 aliphatic heterocycles. The van der Waals surface area contributed by atoms with Crippen LogP contribution in [0.1, 0.15) is 20.3 Å². The Bertz CT molecular complexity index is 770. The minimum Gasteiger partial charge on any atom is -0.352 e. The van der Waals surface area contributed by atoms with E-state index in [1.807, 2.05) is 25.1 Å². The number of nitrogens with one attached hydrogen (secondary N) is 1. The van der Waals surface area contributed by atoms with Crippen LogP contribution in [0.25, 0.3) is 10.9 Å². The molecule has 0 aliphatic rings. The Balaban J connectivity index is 2.38. The molecule has 0 bridgehead atoms. The van der Waals surface area contributed by atoms with Gasteiger partial charge >= 0.3 is 0 Å². The zero-order valence-corrected chi connectivity index (χ0v) is 14.2. The van der Waals surface area contributed by atoms with E-state index < -0.39 is 0 Å². The Morgan fingerprint density at radius 1 is 1.48 bits per heavy atom. The van der Waals surface area contributed by atoms with Crippen molar-refractivity contribution in [3.05, 3.63) is 47.3 Å². The number of carbonyl (C=O) groups excluding carboxylic acids is 1. The van der Waals surface area contributed by atoms with E-state index in [9.17, 15) is 9.59 Å². The highest BCUT2D eigenvalue weighted by molar-refractivity contribution is 8.00. The summed E-state index contributed by atoms with van der Waals surface area (Å²) in [4.78, 5) is 29.3. The molecule has 1 heterocycles. The van der Waals surface area contributed by atoms with Crippen molar-refractivity contribution >= 4 is 28.6 Å². The molecule has 1 amide bonds. The average Bonchev–Trinajstić information content (AvgIpc) is 2.56. The van der Waals surface area contributed by atoms with Crippen LogP contribution in [0.15, 0.2) is 46.9 Å². The van der Waals surface area contributed by atoms with Crippen LogP contribution >= 0.6 is 11.8 Å². The maximum absolute atomic E-state index is 12.7. The molecule has 0 spiro atoms. The summed E-state index contributed by atoms with van der Waals surface area (Å²) >= 11 is 1.30. The highest BCUT2D eigenvalue weighted by Gasteiger charge is 2.18. The van der Waals surface area contributed by atoms with Crippen molar-refractivity contribution in [2.45, 2.75) is 37.2 Å². The van der Waals surface area contributed by atoms with E-state index in [-0.39, 0.29) is 16.7 Å². The Labute approximate surface area is 139 Å². The van der Waals surface area contributed by atoms with Crippen LogP contribution in [0.4, 0.5) is 0 Å². The fraction of sp³-hybridized carbons (Fsp3) is 0.353. The van der Waals surface area contributed by atoms with Gasteiger partial charge in [-0.05, 0) is 25.5 Å². The van der Waals surface area contributed by atoms with Gasteiger partial charge in [-0.2, -0.15) is 0 Å². The molecule has 23 heavy (non-hydrogen) atoms. The third kappa shape index (κ3) is 4.01. The number of hydrogen-bond donors (Lipinski definition) is 1. The molecule has 1 unspecified atom stereocenters. The smallest absolute Gasteiger partial charge is 0.262 e. The number of nitrogens with zero attached hydrogens (tertiary/aromatic N) is 2. The summed E-state index contributed by atoms with van der Waals surface area (Å²) in [6.07, 6.45) is 2.46. The van der Waals surface area contributed by atoms with Crippen LogP contribution in [-0.2, 0) is 11.3 Å². The molecule has 0 radical (unpaired) electrons. The molecule has 0 saturated heterocycles. The first-order valence-corrected chi connectivity index (χ1v) is 8.51. The molecule has 0 fully saturated rings. The second-order valence-electron chi connectivity index (χ2n) is 5.16. The Morgan fingerprint density at radius 2 is 2.22 bits per heavy atom. The maximum Gasteiger partial charge on any atom is 0.262 e. The van der Waals surface area contributed by atoms with E-state index in [1.165, 1.54) is 11.8 Å². The van der Waals surface area contributed by atoms with Gasteiger partial charge in [0, 0.05) is 13.1 Å². The van der Waals surface area contributed by atoms with Gasteiger partial charge in [-0.1, -0.05) is 36.9 Å². The molecule has 2 aromatic rings. The first kappa shape index (κ1) is 17.3. The van der Waals surface area contributed by atoms with Gasteiger partial charge in [0.15, 0.2) is 5.16 Å². The lowest BCUT2D eigenvalue weighted by molar-refractivity contribution is -0.120. The fourth-order valence-corrected chi connectivity index (χ4v) is 3.15. The second kappa shape index (κ2) is 7.97. The third-order valence-corrected chi connectivity index (χ3v) is 4.44. The van der Waals surface area contributed by atoms with E-state index >= 15 is 0 Å². The summed E-state index contributed by atoms with van der Waals surface area (Å²) in [5.74, 6) is -0.0969. The number of para-hydroxylation sites is 1. The van der Waals surface area contributed by atoms with E-state index in [4.69, 9.17) is 0 Å². The van der Waals surface area contributed by atoms with Crippen LogP contribution in [0.3, 0.4) is 0 Å². The molecule has 0 saturated carbocycles. The lowest BCUT2D eigenvalue weighted by atomic mass is 10.2. The normalized spacial score (nSPS) is 12.1. The van der Waals surface area contributed by atoms with Gasteiger partial charge < -0.3 is 5.32 Å². The number of aromatic nitrogens is 2. The van der Waals surface area contributed by atoms with Crippen molar-refractivity contribution in [3.63, 3.8) is 0 Å². The van der Waals surface area contributed by atoms with Gasteiger partial charge in [0.25, 0.3) is 5.56 Å². The van der Waals surface area contributed by atoms with Crippen LogP contribution in [0.2, 0.25) is 0 Å². The molecular weight excluding hydrogens is 310 g/mol. The van der Waals surface area contributed by atoms with Gasteiger partial charge in [-0.15, -0.1) is 6.58 Å². The molecular formula is C17H21N3O2S. The molecule has 1 N–H and O–H groups in total. The van der Waals surface area contributed by atoms with Crippen molar-refractivity contribution in [2.24, 2.45) is 0 Å². The highest BCUT2D eigenvalue weighted by Crippen LogP contribution is 2.22. The standard InChI is InChI=1S/C17H21N3O2S/c1-4-10-18-15(21)12(3)23-17-19-14-9-7-6-8-13(14)16(22)20(17)11-5-2/h4,6-9,12H,1,5,10-11H2,2-3H3,(H,18,21). The lowest BCUT2D eigenvalue weighted by Crippen LogP contribution is -2.32. The number of benzene rings is 1. The molecule has 2 rings (SSSR count). The zero-order valence-electron chi connectivity index (χ0n) is 13.4. The summed E-state index contributed by atoms with van der Waals surface area (Å²) < 4.78 is 1.66. The van der Waals surface area contributed by atoms with Gasteiger partial charge in [0.1, 0.15) is 0 Å². The third-order valence-electron chi connectivity index (χ3n) is 3.35. The predicted molar refractivity (Wildman–Crippen MR) is 94.8 cm³/mol. The van der Waals surface area contributed by atoms with Gasteiger partial charge in [0.2, 0.25) is 5.91 Å². The van der Waals surface area contributed by atoms with Gasteiger partial charge in [-0.25, -0.2) is 4.98 Å². The topological polar surface area (TPSA) is 64.0 Å². The summed E-state index contributed by atoms with van der Waals surface area (Å²) in [6, 6.07) is 7.29. The monoisotopic (exact) mass is 331 g/mol. The van der Waals surface area contributed by atoms with E-state index in [0.29, 0.717) is 29.1 Å². The van der Waals surface area contributed by atoms with Crippen LogP contribution < -0.4 is 10.9 Å². The number of thioether (sulfide) groups is 1. The SMILES string of the molecule is C=CCNC(=O)C(C)Sc1nc2ccccc2c(=O)n1CCC. The van der Waals surface area contributed by atoms with Crippen molar-refractivity contribution in [1.82, 2.24) is 14.9 Å². The van der Waals surface area contributed by atoms with Gasteiger partial charge in [0.05, 0.1) is 16.2 Å². The molecule has 5 nitrogen and oxygen atoms in total. The number of rotatable bonds is 7. The zero-order chi connectivity index (χ0) is 16.8. The quantitative estimate of drug-likeness (QED) is 0.481. The van der Waals surface area contributed by atoms with Crippen molar-refractivity contribution in [2.75, 3.05) is 6.54 Å². The van der Waals surface area contributed by atoms with Crippen molar-refractivity contribution < 1.29 is 4.79 Å². The van der Waals surface area contributed by atoms with Gasteiger partial charge in [-0.3, -0.25) is 14.2 Å². The Hall–Kier alpha value is -2.08. The summed E-state index contributed by atoms with van der Waals surface area (Å²) in [5.41, 5.74) is 0.602. The summed E-state index contributed by atoms with van der Waals surface area (Å²) in [5, 5.41) is 3.61. The molecule has 122 valence electrons. The average molecular weight is 331 g/mol. The van der Waals surface area contributed by atoms with Crippen LogP contribution in [0, 0.1) is 0 Å². The fourth-order valence-electron chi connectivity index (χ4n) is 2.19. The lowest BCUT2D eigenvalue weighted by Gasteiger charge is -2.15. The minimum atomic E-state index is -0.342. The largest absolute Gasteiger partial charge is 0.352 e. The molecule has 1 aromatic carbocycles. The molecule has 1 atom stereocenters. The predicted octanol–water partition coefficient (Wildman–Crippen LogP) is 2.59. The molecule has 6 heteroatoms. The van der Waals surface area contributed by atoms with Crippen LogP contribution in [0.5, 0.6) is 0 Å². The molecule has 0 aliphatic carbocycles. The molecule has 1 aromatic heterocycles. The highest BCUT2D eigenvalue weighted by atomic mass is 32.2. The maximum atomic E-state index is 12.7. The van der Waals surface area contributed by atoms with E-state index in [2.05, 4.69) is 16.9 Å². The minimum absolute atomic E-state index is 0.0568. The first-order valence-electron chi connectivity index (χ1n) is 7.63. The first-order chi connectivity index (χ1) is 11.1. The van der Waals surface area contributed by atoms with Crippen LogP contribution in [-0.4, -0.2) is 27.3 Å². The second-order valence-corrected chi connectivity index (χ2v) is 6.47. The number of hydrogen-bond acceptors (Lipinski definition) is 4. The van der Waals surface area contributed by atoms with Crippen molar-refractivity contribution in [1.29, 1.82) is 0 Å². The van der Waals surface area contributed by atoms with E-state index in [0.717, 1.165) is 6.42 Å². The van der Waals surface area contributed by atoms with Crippen molar-refractivity contribution in [3.8, 4) is 0 Å². The number of amides is 1. The Kier molecular flexibility index (Phi) is 5.98. The van der Waals surface area contributed by atoms with E-state index in [1.54, 1.807) is 23.6 Å². The number of fused-ring (bicyclic) bond motifs is 1.